The molecule has 3 N–H and O–H groups in total. The van der Waals surface area contributed by atoms with E-state index in [9.17, 15) is 27.9 Å². The summed E-state index contributed by atoms with van der Waals surface area (Å²) in [5.74, 6) is -2.82. The maximum Gasteiger partial charge on any atom is 0.425 e. The molecule has 1 aromatic carbocycles. The van der Waals surface area contributed by atoms with Crippen LogP contribution in [0.25, 0.3) is 10.9 Å². The number of nitrogens with zero attached hydrogens (tertiary/aromatic N) is 1. The fraction of sp³-hybridized carbons (Fsp3) is 0.211. The number of carbonyl (C=O) groups is 2. The van der Waals surface area contributed by atoms with Crippen molar-refractivity contribution in [3.05, 3.63) is 60.7 Å². The third kappa shape index (κ3) is 4.74. The van der Waals surface area contributed by atoms with Crippen LogP contribution in [0.15, 0.2) is 64.2 Å². The average Bonchev–Trinajstić information content (AvgIpc) is 3.25. The summed E-state index contributed by atoms with van der Waals surface area (Å²) in [6.07, 6.45) is -3.98. The second kappa shape index (κ2) is 8.76. The van der Waals surface area contributed by atoms with Gasteiger partial charge in [-0.1, -0.05) is 18.2 Å². The predicted molar refractivity (Wildman–Crippen MR) is 102 cm³/mol. The van der Waals surface area contributed by atoms with Gasteiger partial charge in [-0.15, -0.1) is 11.8 Å². The van der Waals surface area contributed by atoms with Crippen molar-refractivity contribution in [3.8, 4) is 0 Å². The number of amides is 2. The molecular weight excluding hydrogens is 423 g/mol. The van der Waals surface area contributed by atoms with E-state index in [0.717, 1.165) is 40.4 Å². The molecule has 0 fully saturated rings. The Labute approximate surface area is 172 Å². The predicted octanol–water partition coefficient (Wildman–Crippen LogP) is 2.91. The maximum absolute atomic E-state index is 13.3. The number of hydrazine groups is 1. The van der Waals surface area contributed by atoms with E-state index >= 15 is 0 Å². The molecule has 0 saturated heterocycles. The van der Waals surface area contributed by atoms with Gasteiger partial charge in [0.25, 0.3) is 0 Å². The van der Waals surface area contributed by atoms with Gasteiger partial charge < -0.3 is 9.52 Å². The molecular formula is C19H16F3N3O4S. The zero-order valence-electron chi connectivity index (χ0n) is 15.3. The highest BCUT2D eigenvalue weighted by atomic mass is 32.2. The minimum atomic E-state index is -5.16. The summed E-state index contributed by atoms with van der Waals surface area (Å²) in [7, 11) is 0. The number of hydrogen-bond acceptors (Lipinski definition) is 6. The van der Waals surface area contributed by atoms with Crippen LogP contribution in [0.1, 0.15) is 12.2 Å². The minimum Gasteiger partial charge on any atom is -0.466 e. The molecule has 0 aliphatic rings. The molecule has 30 heavy (non-hydrogen) atoms. The molecule has 11 heteroatoms. The first-order valence-electron chi connectivity index (χ1n) is 8.58. The lowest BCUT2D eigenvalue weighted by Gasteiger charge is -2.27. The monoisotopic (exact) mass is 439 g/mol. The largest absolute Gasteiger partial charge is 0.466 e. The fourth-order valence-corrected chi connectivity index (χ4v) is 3.47. The third-order valence-electron chi connectivity index (χ3n) is 4.11. The molecule has 1 unspecified atom stereocenters. The number of alkyl halides is 3. The standard InChI is InChI=1S/C19H16F3N3O4S/c20-19(21,22)18(28,14-7-3-9-29-14)10-15(26)24-25-16(27)11-30-13-6-1-4-12-5-2-8-23-17(12)13/h1-9,28H,10-11H2,(H,24,26)(H,25,27). The maximum atomic E-state index is 13.3. The van der Waals surface area contributed by atoms with E-state index in [2.05, 4.69) is 9.40 Å². The second-order valence-corrected chi connectivity index (χ2v) is 7.25. The summed E-state index contributed by atoms with van der Waals surface area (Å²) < 4.78 is 44.5. The van der Waals surface area contributed by atoms with E-state index in [4.69, 9.17) is 0 Å². The number of fused-ring (bicyclic) bond motifs is 1. The minimum absolute atomic E-state index is 0.113. The molecule has 0 aliphatic heterocycles. The van der Waals surface area contributed by atoms with Gasteiger partial charge in [0.1, 0.15) is 5.76 Å². The summed E-state index contributed by atoms with van der Waals surface area (Å²) in [6.45, 7) is 0. The lowest BCUT2D eigenvalue weighted by Crippen LogP contribution is -2.49. The van der Waals surface area contributed by atoms with Crippen LogP contribution in [0.3, 0.4) is 0 Å². The van der Waals surface area contributed by atoms with Crippen molar-refractivity contribution in [2.75, 3.05) is 5.75 Å². The Morgan fingerprint density at radius 2 is 1.80 bits per heavy atom. The number of thioether (sulfide) groups is 1. The van der Waals surface area contributed by atoms with Gasteiger partial charge in [-0.25, -0.2) is 0 Å². The number of benzene rings is 1. The smallest absolute Gasteiger partial charge is 0.425 e. The number of halogens is 3. The topological polar surface area (TPSA) is 104 Å². The summed E-state index contributed by atoms with van der Waals surface area (Å²) in [6, 6.07) is 11.2. The van der Waals surface area contributed by atoms with E-state index in [1.807, 2.05) is 23.0 Å². The number of nitrogens with one attached hydrogen (secondary N) is 2. The highest BCUT2D eigenvalue weighted by Crippen LogP contribution is 2.41. The Morgan fingerprint density at radius 1 is 1.07 bits per heavy atom. The Morgan fingerprint density at radius 3 is 2.50 bits per heavy atom. The molecule has 0 saturated carbocycles. The van der Waals surface area contributed by atoms with Crippen molar-refractivity contribution in [2.24, 2.45) is 0 Å². The highest BCUT2D eigenvalue weighted by molar-refractivity contribution is 8.00. The van der Waals surface area contributed by atoms with Gasteiger partial charge in [-0.05, 0) is 24.3 Å². The molecule has 2 aromatic heterocycles. The van der Waals surface area contributed by atoms with Crippen LogP contribution in [0, 0.1) is 0 Å². The Bertz CT molecular complexity index is 1040. The number of para-hydroxylation sites is 1. The van der Waals surface area contributed by atoms with Gasteiger partial charge >= 0.3 is 6.18 Å². The van der Waals surface area contributed by atoms with Gasteiger partial charge in [-0.2, -0.15) is 13.2 Å². The molecule has 0 bridgehead atoms. The summed E-state index contributed by atoms with van der Waals surface area (Å²) in [4.78, 5) is 28.9. The molecule has 0 spiro atoms. The van der Waals surface area contributed by atoms with Gasteiger partial charge in [0.05, 0.1) is 24.0 Å². The first-order chi connectivity index (χ1) is 14.2. The highest BCUT2D eigenvalue weighted by Gasteiger charge is 2.58. The Balaban J connectivity index is 1.56. The molecule has 0 radical (unpaired) electrons. The number of hydrogen-bond donors (Lipinski definition) is 3. The molecule has 158 valence electrons. The van der Waals surface area contributed by atoms with Gasteiger partial charge in [0.2, 0.25) is 17.4 Å². The Hall–Kier alpha value is -3.05. The summed E-state index contributed by atoms with van der Waals surface area (Å²) in [5, 5.41) is 10.9. The summed E-state index contributed by atoms with van der Waals surface area (Å²) >= 11 is 1.15. The average molecular weight is 439 g/mol. The van der Waals surface area contributed by atoms with Gasteiger partial charge in [0, 0.05) is 16.5 Å². The van der Waals surface area contributed by atoms with Crippen LogP contribution < -0.4 is 10.9 Å². The zero-order valence-corrected chi connectivity index (χ0v) is 16.1. The molecule has 3 aromatic rings. The number of aromatic nitrogens is 1. The number of carbonyl (C=O) groups excluding carboxylic acids is 2. The SMILES string of the molecule is O=C(CSc1cccc2cccnc12)NNC(=O)CC(O)(c1ccco1)C(F)(F)F. The lowest BCUT2D eigenvalue weighted by molar-refractivity contribution is -0.273. The van der Waals surface area contributed by atoms with E-state index in [1.54, 1.807) is 24.4 Å². The number of pyridine rings is 1. The van der Waals surface area contributed by atoms with Crippen molar-refractivity contribution in [1.82, 2.24) is 15.8 Å². The molecule has 2 heterocycles. The van der Waals surface area contributed by atoms with Crippen molar-refractivity contribution < 1.29 is 32.3 Å². The van der Waals surface area contributed by atoms with Crippen molar-refractivity contribution >= 4 is 34.5 Å². The van der Waals surface area contributed by atoms with Crippen LogP contribution >= 0.6 is 11.8 Å². The first-order valence-corrected chi connectivity index (χ1v) is 9.56. The van der Waals surface area contributed by atoms with Crippen LogP contribution in [-0.4, -0.2) is 33.8 Å². The number of furan rings is 1. The molecule has 3 rings (SSSR count). The van der Waals surface area contributed by atoms with Crippen LogP contribution in [-0.2, 0) is 15.2 Å². The van der Waals surface area contributed by atoms with Crippen molar-refractivity contribution in [1.29, 1.82) is 0 Å². The van der Waals surface area contributed by atoms with Crippen LogP contribution in [0.4, 0.5) is 13.2 Å². The van der Waals surface area contributed by atoms with Crippen LogP contribution in [0.2, 0.25) is 0 Å². The quantitative estimate of drug-likeness (QED) is 0.403. The first kappa shape index (κ1) is 21.7. The number of rotatable bonds is 6. The van der Waals surface area contributed by atoms with Crippen LogP contribution in [0.5, 0.6) is 0 Å². The Kier molecular flexibility index (Phi) is 6.32. The third-order valence-corrected chi connectivity index (χ3v) is 5.16. The van der Waals surface area contributed by atoms with E-state index < -0.39 is 35.8 Å². The van der Waals surface area contributed by atoms with Crippen molar-refractivity contribution in [2.45, 2.75) is 23.1 Å². The van der Waals surface area contributed by atoms with E-state index in [0.29, 0.717) is 5.52 Å². The molecule has 0 aliphatic carbocycles. The molecule has 2 amide bonds. The number of aliphatic hydroxyl groups is 1. The molecule has 7 nitrogen and oxygen atoms in total. The van der Waals surface area contributed by atoms with Crippen molar-refractivity contribution in [3.63, 3.8) is 0 Å². The lowest BCUT2D eigenvalue weighted by atomic mass is 9.95. The second-order valence-electron chi connectivity index (χ2n) is 6.23. The zero-order chi connectivity index (χ0) is 21.8. The summed E-state index contributed by atoms with van der Waals surface area (Å²) in [5.41, 5.74) is 1.09. The van der Waals surface area contributed by atoms with Gasteiger partial charge in [-0.3, -0.25) is 25.4 Å². The van der Waals surface area contributed by atoms with E-state index in [-0.39, 0.29) is 5.75 Å². The molecule has 1 atom stereocenters. The normalized spacial score (nSPS) is 13.6. The van der Waals surface area contributed by atoms with E-state index in [1.165, 1.54) is 0 Å². The van der Waals surface area contributed by atoms with Gasteiger partial charge in [0.15, 0.2) is 0 Å². The fourth-order valence-electron chi connectivity index (χ4n) is 2.63.